The first-order valence-electron chi connectivity index (χ1n) is 7.29. The third-order valence-electron chi connectivity index (χ3n) is 3.66. The number of nitrogens with one attached hydrogen (secondary N) is 1. The summed E-state index contributed by atoms with van der Waals surface area (Å²) in [6, 6.07) is 8.15. The maximum Gasteiger partial charge on any atom is 0.241 e. The molecule has 0 bridgehead atoms. The van der Waals surface area contributed by atoms with Crippen molar-refractivity contribution in [3.63, 3.8) is 0 Å². The second-order valence-corrected chi connectivity index (χ2v) is 7.04. The Kier molecular flexibility index (Phi) is 5.46. The molecule has 1 atom stereocenters. The minimum absolute atomic E-state index is 0.0395. The van der Waals surface area contributed by atoms with Crippen molar-refractivity contribution in [2.45, 2.75) is 24.8 Å². The van der Waals surface area contributed by atoms with Gasteiger partial charge >= 0.3 is 0 Å². The summed E-state index contributed by atoms with van der Waals surface area (Å²) in [5.41, 5.74) is 0.979. The molecular weight excluding hydrogens is 333 g/mol. The van der Waals surface area contributed by atoms with E-state index < -0.39 is 21.9 Å². The van der Waals surface area contributed by atoms with Gasteiger partial charge < -0.3 is 9.47 Å². The third kappa shape index (κ3) is 3.85. The first-order valence-corrected chi connectivity index (χ1v) is 8.77. The molecule has 2 aromatic carbocycles. The maximum atomic E-state index is 13.2. The quantitative estimate of drug-likeness (QED) is 0.866. The highest BCUT2D eigenvalue weighted by atomic mass is 32.2. The predicted octanol–water partition coefficient (Wildman–Crippen LogP) is 3.19. The van der Waals surface area contributed by atoms with Gasteiger partial charge in [-0.25, -0.2) is 17.5 Å². The Balaban J connectivity index is 2.36. The number of rotatable bonds is 6. The molecule has 0 aliphatic carbocycles. The number of halogens is 1. The molecule has 0 aliphatic rings. The van der Waals surface area contributed by atoms with Gasteiger partial charge in [0.1, 0.15) is 17.3 Å². The molecule has 0 radical (unpaired) electrons. The van der Waals surface area contributed by atoms with Crippen LogP contribution < -0.4 is 14.2 Å². The lowest BCUT2D eigenvalue weighted by molar-refractivity contribution is 0.395. The van der Waals surface area contributed by atoms with Gasteiger partial charge in [-0.3, -0.25) is 0 Å². The van der Waals surface area contributed by atoms with Gasteiger partial charge in [-0.2, -0.15) is 0 Å². The minimum Gasteiger partial charge on any atom is -0.497 e. The van der Waals surface area contributed by atoms with Gasteiger partial charge in [0.2, 0.25) is 10.0 Å². The van der Waals surface area contributed by atoms with Crippen LogP contribution in [0.15, 0.2) is 41.3 Å². The molecule has 0 saturated carbocycles. The first-order chi connectivity index (χ1) is 11.3. The molecule has 0 aromatic heterocycles. The van der Waals surface area contributed by atoms with Crippen LogP contribution in [0.3, 0.4) is 0 Å². The van der Waals surface area contributed by atoms with Crippen LogP contribution in [-0.2, 0) is 10.0 Å². The molecule has 130 valence electrons. The van der Waals surface area contributed by atoms with Gasteiger partial charge in [0, 0.05) is 11.6 Å². The van der Waals surface area contributed by atoms with Crippen LogP contribution in [0.2, 0.25) is 0 Å². The number of ether oxygens (including phenoxy) is 2. The van der Waals surface area contributed by atoms with Crippen LogP contribution in [0.25, 0.3) is 0 Å². The molecule has 5 nitrogen and oxygen atoms in total. The van der Waals surface area contributed by atoms with Crippen LogP contribution >= 0.6 is 0 Å². The predicted molar refractivity (Wildman–Crippen MR) is 89.4 cm³/mol. The van der Waals surface area contributed by atoms with E-state index in [4.69, 9.17) is 9.47 Å². The van der Waals surface area contributed by atoms with Crippen LogP contribution in [-0.4, -0.2) is 22.6 Å². The Labute approximate surface area is 141 Å². The molecule has 7 heteroatoms. The van der Waals surface area contributed by atoms with E-state index >= 15 is 0 Å². The lowest BCUT2D eigenvalue weighted by Gasteiger charge is -2.19. The van der Waals surface area contributed by atoms with Gasteiger partial charge in [0.15, 0.2) is 0 Å². The summed E-state index contributed by atoms with van der Waals surface area (Å²) >= 11 is 0. The summed E-state index contributed by atoms with van der Waals surface area (Å²) in [5.74, 6) is 0.658. The van der Waals surface area contributed by atoms with Gasteiger partial charge in [-0.15, -0.1) is 0 Å². The van der Waals surface area contributed by atoms with E-state index in [1.807, 2.05) is 0 Å². The molecular formula is C17H20FNO4S. The second-order valence-electron chi connectivity index (χ2n) is 5.36. The van der Waals surface area contributed by atoms with Crippen molar-refractivity contribution < 1.29 is 22.3 Å². The number of aryl methyl sites for hydroxylation is 1. The number of sulfonamides is 1. The normalized spacial score (nSPS) is 12.7. The Morgan fingerprint density at radius 3 is 2.38 bits per heavy atom. The summed E-state index contributed by atoms with van der Waals surface area (Å²) in [7, 11) is -0.772. The van der Waals surface area contributed by atoms with Gasteiger partial charge in [-0.1, -0.05) is 0 Å². The molecule has 1 N–H and O–H groups in total. The molecule has 0 unspecified atom stereocenters. The number of hydrogen-bond donors (Lipinski definition) is 1. The van der Waals surface area contributed by atoms with Crippen LogP contribution in [0.4, 0.5) is 4.39 Å². The fraction of sp³-hybridized carbons (Fsp3) is 0.294. The zero-order chi connectivity index (χ0) is 17.9. The number of methoxy groups -OCH3 is 2. The number of benzene rings is 2. The van der Waals surface area contributed by atoms with Crippen molar-refractivity contribution in [3.8, 4) is 11.5 Å². The fourth-order valence-electron chi connectivity index (χ4n) is 2.45. The summed E-state index contributed by atoms with van der Waals surface area (Å²) in [6.45, 7) is 3.25. The highest BCUT2D eigenvalue weighted by Gasteiger charge is 2.22. The van der Waals surface area contributed by atoms with Crippen LogP contribution in [0.5, 0.6) is 11.5 Å². The average molecular weight is 353 g/mol. The Hall–Kier alpha value is -2.12. The molecule has 2 aromatic rings. The lowest BCUT2D eigenvalue weighted by atomic mass is 10.1. The molecule has 0 fully saturated rings. The molecule has 0 aliphatic heterocycles. The van der Waals surface area contributed by atoms with E-state index in [2.05, 4.69) is 4.72 Å². The highest BCUT2D eigenvalue weighted by molar-refractivity contribution is 7.89. The molecule has 0 spiro atoms. The van der Waals surface area contributed by atoms with Crippen LogP contribution in [0, 0.1) is 12.7 Å². The summed E-state index contributed by atoms with van der Waals surface area (Å²) in [6.07, 6.45) is 0. The summed E-state index contributed by atoms with van der Waals surface area (Å²) in [4.78, 5) is 0.0395. The largest absolute Gasteiger partial charge is 0.497 e. The van der Waals surface area contributed by atoms with Crippen molar-refractivity contribution in [3.05, 3.63) is 53.3 Å². The average Bonchev–Trinajstić information content (AvgIpc) is 2.53. The maximum absolute atomic E-state index is 13.2. The summed E-state index contributed by atoms with van der Waals surface area (Å²) < 4.78 is 51.4. The summed E-state index contributed by atoms with van der Waals surface area (Å²) in [5, 5.41) is 0. The third-order valence-corrected chi connectivity index (χ3v) is 5.36. The Bertz CT molecular complexity index is 836. The van der Waals surface area contributed by atoms with Gasteiger partial charge in [0.25, 0.3) is 0 Å². The minimum atomic E-state index is -3.81. The highest BCUT2D eigenvalue weighted by Crippen LogP contribution is 2.30. The monoisotopic (exact) mass is 353 g/mol. The first kappa shape index (κ1) is 18.2. The number of hydrogen-bond acceptors (Lipinski definition) is 4. The van der Waals surface area contributed by atoms with Crippen molar-refractivity contribution >= 4 is 10.0 Å². The van der Waals surface area contributed by atoms with Crippen molar-refractivity contribution in [1.82, 2.24) is 4.72 Å². The molecule has 2 rings (SSSR count). The van der Waals surface area contributed by atoms with E-state index in [0.717, 1.165) is 6.07 Å². The molecule has 0 heterocycles. The van der Waals surface area contributed by atoms with Crippen molar-refractivity contribution in [2.75, 3.05) is 14.2 Å². The van der Waals surface area contributed by atoms with Crippen LogP contribution in [0.1, 0.15) is 24.1 Å². The Morgan fingerprint density at radius 2 is 1.79 bits per heavy atom. The standard InChI is InChI=1S/C17H20FNO4S/c1-11-9-13(18)5-8-17(11)24(20,21)19-12(2)15-10-14(22-3)6-7-16(15)23-4/h5-10,12,19H,1-4H3/t12-/m1/s1. The van der Waals surface area contributed by atoms with E-state index in [-0.39, 0.29) is 4.90 Å². The second kappa shape index (κ2) is 7.19. The van der Waals surface area contributed by atoms with Crippen molar-refractivity contribution in [2.24, 2.45) is 0 Å². The molecule has 0 amide bonds. The Morgan fingerprint density at radius 1 is 1.08 bits per heavy atom. The van der Waals surface area contributed by atoms with E-state index in [9.17, 15) is 12.8 Å². The van der Waals surface area contributed by atoms with Gasteiger partial charge in [0.05, 0.1) is 19.1 Å². The zero-order valence-electron chi connectivity index (χ0n) is 14.0. The van der Waals surface area contributed by atoms with E-state index in [1.54, 1.807) is 32.0 Å². The van der Waals surface area contributed by atoms with Gasteiger partial charge in [-0.05, 0) is 55.8 Å². The fourth-order valence-corrected chi connectivity index (χ4v) is 3.90. The smallest absolute Gasteiger partial charge is 0.241 e. The zero-order valence-corrected chi connectivity index (χ0v) is 14.8. The topological polar surface area (TPSA) is 64.6 Å². The molecule has 0 saturated heterocycles. The SMILES string of the molecule is COc1ccc(OC)c([C@@H](C)NS(=O)(=O)c2ccc(F)cc2C)c1. The van der Waals surface area contributed by atoms with Crippen molar-refractivity contribution in [1.29, 1.82) is 0 Å². The lowest BCUT2D eigenvalue weighted by Crippen LogP contribution is -2.27. The molecule has 24 heavy (non-hydrogen) atoms. The van der Waals surface area contributed by atoms with E-state index in [0.29, 0.717) is 22.6 Å². The van der Waals surface area contributed by atoms with E-state index in [1.165, 1.54) is 26.4 Å².